The Morgan fingerprint density at radius 1 is 1.03 bits per heavy atom. The lowest BCUT2D eigenvalue weighted by Gasteiger charge is -2.28. The van der Waals surface area contributed by atoms with E-state index >= 15 is 0 Å². The third-order valence-electron chi connectivity index (χ3n) is 6.15. The lowest BCUT2D eigenvalue weighted by Crippen LogP contribution is -2.43. The molecule has 0 radical (unpaired) electrons. The molecule has 1 amide bonds. The van der Waals surface area contributed by atoms with Crippen LogP contribution in [0, 0.1) is 0 Å². The Labute approximate surface area is 210 Å². The van der Waals surface area contributed by atoms with Crippen LogP contribution in [0.3, 0.4) is 0 Å². The van der Waals surface area contributed by atoms with Crippen molar-refractivity contribution in [3.05, 3.63) is 72.1 Å². The van der Waals surface area contributed by atoms with E-state index < -0.39 is 17.6 Å². The monoisotopic (exact) mass is 510 g/mol. The summed E-state index contributed by atoms with van der Waals surface area (Å²) in [5.41, 5.74) is 2.02. The van der Waals surface area contributed by atoms with Gasteiger partial charge in [-0.2, -0.15) is 18.3 Å². The van der Waals surface area contributed by atoms with E-state index in [9.17, 15) is 18.0 Å². The predicted octanol–water partition coefficient (Wildman–Crippen LogP) is 4.07. The van der Waals surface area contributed by atoms with E-state index in [-0.39, 0.29) is 24.4 Å². The topological polar surface area (TPSA) is 95.2 Å². The highest BCUT2D eigenvalue weighted by atomic mass is 19.4. The second-order valence-corrected chi connectivity index (χ2v) is 8.79. The number of ether oxygens (including phenoxy) is 1. The van der Waals surface area contributed by atoms with Crippen LogP contribution >= 0.6 is 0 Å². The van der Waals surface area contributed by atoms with Gasteiger partial charge in [-0.05, 0) is 41.5 Å². The number of aromatic nitrogens is 3. The number of H-pyrrole nitrogens is 1. The quantitative estimate of drug-likeness (QED) is 0.347. The molecule has 1 aliphatic heterocycles. The Morgan fingerprint density at radius 2 is 1.81 bits per heavy atom. The van der Waals surface area contributed by atoms with Crippen LogP contribution in [0.1, 0.15) is 11.1 Å². The number of amides is 1. The molecule has 1 fully saturated rings. The van der Waals surface area contributed by atoms with Crippen molar-refractivity contribution in [1.29, 1.82) is 0 Å². The first kappa shape index (κ1) is 24.7. The average molecular weight is 511 g/mol. The third kappa shape index (κ3) is 6.07. The van der Waals surface area contributed by atoms with Crippen molar-refractivity contribution >= 4 is 22.6 Å². The number of hydrogen-bond acceptors (Lipinski definition) is 6. The number of aromatic amines is 1. The van der Waals surface area contributed by atoms with Gasteiger partial charge in [0.1, 0.15) is 5.75 Å². The Morgan fingerprint density at radius 3 is 2.57 bits per heavy atom. The second-order valence-electron chi connectivity index (χ2n) is 8.79. The molecule has 4 aromatic rings. The molecule has 37 heavy (non-hydrogen) atoms. The number of pyridine rings is 1. The van der Waals surface area contributed by atoms with Crippen LogP contribution < -0.4 is 15.4 Å². The number of halogens is 3. The molecule has 0 unspecified atom stereocenters. The number of carbonyl (C=O) groups excluding carboxylic acids is 1. The van der Waals surface area contributed by atoms with Gasteiger partial charge in [-0.3, -0.25) is 14.8 Å². The number of alkyl halides is 3. The van der Waals surface area contributed by atoms with E-state index in [1.54, 1.807) is 24.5 Å². The van der Waals surface area contributed by atoms with Gasteiger partial charge >= 0.3 is 6.18 Å². The molecule has 0 spiro atoms. The molecule has 3 heterocycles. The minimum absolute atomic E-state index is 0.0717. The van der Waals surface area contributed by atoms with E-state index in [0.717, 1.165) is 35.7 Å². The first-order chi connectivity index (χ1) is 17.8. The lowest BCUT2D eigenvalue weighted by molar-refractivity contribution is -0.138. The number of hydrogen-bond donors (Lipinski definition) is 3. The zero-order valence-corrected chi connectivity index (χ0v) is 19.8. The molecular weight excluding hydrogens is 485 g/mol. The van der Waals surface area contributed by atoms with Crippen molar-refractivity contribution in [2.45, 2.75) is 12.7 Å². The normalized spacial score (nSPS) is 14.6. The molecule has 3 N–H and O–H groups in total. The number of fused-ring (bicyclic) bond motifs is 1. The number of rotatable bonds is 7. The Balaban J connectivity index is 1.20. The van der Waals surface area contributed by atoms with Crippen LogP contribution in [-0.2, 0) is 17.5 Å². The minimum atomic E-state index is -4.53. The molecule has 192 valence electrons. The summed E-state index contributed by atoms with van der Waals surface area (Å²) < 4.78 is 46.7. The van der Waals surface area contributed by atoms with Gasteiger partial charge in [0.15, 0.2) is 12.3 Å². The minimum Gasteiger partial charge on any atom is -0.484 e. The number of piperazine rings is 1. The van der Waals surface area contributed by atoms with Crippen LogP contribution in [-0.4, -0.2) is 58.8 Å². The number of benzene rings is 2. The smallest absolute Gasteiger partial charge is 0.416 e. The molecule has 0 saturated carbocycles. The van der Waals surface area contributed by atoms with E-state index in [1.807, 2.05) is 23.1 Å². The van der Waals surface area contributed by atoms with Crippen molar-refractivity contribution in [1.82, 2.24) is 25.4 Å². The molecule has 2 aromatic heterocycles. The number of nitrogens with one attached hydrogen (secondary N) is 3. The fourth-order valence-electron chi connectivity index (χ4n) is 4.25. The highest BCUT2D eigenvalue weighted by Crippen LogP contribution is 2.34. The fraction of sp³-hybridized carbons (Fsp3) is 0.269. The zero-order chi connectivity index (χ0) is 25.8. The number of nitrogens with zero attached hydrogens (tertiary/aromatic N) is 3. The Kier molecular flexibility index (Phi) is 7.06. The van der Waals surface area contributed by atoms with Crippen molar-refractivity contribution in [3.63, 3.8) is 0 Å². The first-order valence-electron chi connectivity index (χ1n) is 11.8. The van der Waals surface area contributed by atoms with Gasteiger partial charge in [-0.1, -0.05) is 18.2 Å². The Bertz CT molecular complexity index is 1380. The molecule has 11 heteroatoms. The summed E-state index contributed by atoms with van der Waals surface area (Å²) in [6.07, 6.45) is -1.10. The number of carbonyl (C=O) groups is 1. The van der Waals surface area contributed by atoms with E-state index in [2.05, 4.69) is 25.8 Å². The van der Waals surface area contributed by atoms with E-state index in [0.29, 0.717) is 24.5 Å². The van der Waals surface area contributed by atoms with Gasteiger partial charge in [-0.25, -0.2) is 4.98 Å². The van der Waals surface area contributed by atoms with Crippen LogP contribution in [0.4, 0.5) is 18.9 Å². The molecule has 1 aliphatic rings. The van der Waals surface area contributed by atoms with Crippen molar-refractivity contribution in [2.75, 3.05) is 38.1 Å². The summed E-state index contributed by atoms with van der Waals surface area (Å²) in [4.78, 5) is 18.7. The number of anilines is 1. The summed E-state index contributed by atoms with van der Waals surface area (Å²) in [5, 5.41) is 13.3. The first-order valence-corrected chi connectivity index (χ1v) is 11.8. The molecule has 8 nitrogen and oxygen atoms in total. The highest BCUT2D eigenvalue weighted by molar-refractivity contribution is 5.92. The molecule has 2 aromatic carbocycles. The van der Waals surface area contributed by atoms with Crippen LogP contribution in [0.15, 0.2) is 60.9 Å². The van der Waals surface area contributed by atoms with Crippen LogP contribution in [0.5, 0.6) is 5.75 Å². The molecule has 0 atom stereocenters. The largest absolute Gasteiger partial charge is 0.484 e. The van der Waals surface area contributed by atoms with Gasteiger partial charge in [0.2, 0.25) is 0 Å². The van der Waals surface area contributed by atoms with Crippen molar-refractivity contribution in [3.8, 4) is 16.9 Å². The van der Waals surface area contributed by atoms with Gasteiger partial charge in [-0.15, -0.1) is 0 Å². The predicted molar refractivity (Wildman–Crippen MR) is 133 cm³/mol. The highest BCUT2D eigenvalue weighted by Gasteiger charge is 2.34. The average Bonchev–Trinajstić information content (AvgIpc) is 3.37. The maximum absolute atomic E-state index is 13.7. The SMILES string of the molecule is O=C(COc1ccc(-c2cnc3[nH]ncc3c2)cc1)Nc1ccc(CN2CCNCC2)c(C(F)(F)F)c1. The second kappa shape index (κ2) is 10.6. The van der Waals surface area contributed by atoms with E-state index in [1.165, 1.54) is 12.1 Å². The van der Waals surface area contributed by atoms with Gasteiger partial charge < -0.3 is 15.4 Å². The molecule has 0 aliphatic carbocycles. The summed E-state index contributed by atoms with van der Waals surface area (Å²) in [6.45, 7) is 2.73. The Hall–Kier alpha value is -3.96. The molecule has 0 bridgehead atoms. The maximum Gasteiger partial charge on any atom is 0.416 e. The summed E-state index contributed by atoms with van der Waals surface area (Å²) >= 11 is 0. The molecular formula is C26H25F3N6O2. The summed E-state index contributed by atoms with van der Waals surface area (Å²) in [7, 11) is 0. The standard InChI is InChI=1S/C26H25F3N6O2/c27-26(28,29)23-12-21(4-1-18(23)15-35-9-7-30-8-10-35)33-24(36)16-37-22-5-2-17(3-6-22)19-11-20-14-32-34-25(20)31-13-19/h1-6,11-14,30H,7-10,15-16H2,(H,33,36)(H,31,32,34). The van der Waals surface area contributed by atoms with Gasteiger partial charge in [0.25, 0.3) is 5.91 Å². The van der Waals surface area contributed by atoms with Gasteiger partial charge in [0, 0.05) is 55.6 Å². The molecule has 1 saturated heterocycles. The molecule has 5 rings (SSSR count). The van der Waals surface area contributed by atoms with Crippen molar-refractivity contribution in [2.24, 2.45) is 0 Å². The maximum atomic E-state index is 13.7. The van der Waals surface area contributed by atoms with Crippen molar-refractivity contribution < 1.29 is 22.7 Å². The van der Waals surface area contributed by atoms with Crippen LogP contribution in [0.25, 0.3) is 22.2 Å². The lowest BCUT2D eigenvalue weighted by atomic mass is 10.0. The third-order valence-corrected chi connectivity index (χ3v) is 6.15. The fourth-order valence-corrected chi connectivity index (χ4v) is 4.25. The summed E-state index contributed by atoms with van der Waals surface area (Å²) in [5.74, 6) is -0.0970. The summed E-state index contributed by atoms with van der Waals surface area (Å²) in [6, 6.07) is 13.0. The zero-order valence-electron chi connectivity index (χ0n) is 19.8. The van der Waals surface area contributed by atoms with E-state index in [4.69, 9.17) is 4.74 Å². The van der Waals surface area contributed by atoms with Gasteiger partial charge in [0.05, 0.1) is 11.8 Å². The van der Waals surface area contributed by atoms with Crippen LogP contribution in [0.2, 0.25) is 0 Å².